The van der Waals surface area contributed by atoms with Crippen molar-refractivity contribution in [1.29, 1.82) is 0 Å². The Morgan fingerprint density at radius 2 is 1.67 bits per heavy atom. The van der Waals surface area contributed by atoms with E-state index in [2.05, 4.69) is 10.3 Å². The Kier molecular flexibility index (Phi) is 5.78. The minimum atomic E-state index is -0.643. The largest absolute Gasteiger partial charge is 0.497 e. The van der Waals surface area contributed by atoms with Crippen LogP contribution in [0.5, 0.6) is 11.5 Å². The van der Waals surface area contributed by atoms with E-state index in [9.17, 15) is 14.4 Å². The van der Waals surface area contributed by atoms with E-state index in [1.54, 1.807) is 43.3 Å². The molecular weight excluding hydrogens is 428 g/mol. The standard InChI is InChI=1S/C24H22N2O7/c1-12-15-7-5-14(31-3)10-19(15)33-23(28)17(12)11-20(27)26-21-16-8-6-13(30-2)9-18(16)25-22(21)24(29)32-4/h5-10,25H,11H2,1-4H3,(H,26,27). The van der Waals surface area contributed by atoms with Crippen LogP contribution in [0.1, 0.15) is 21.6 Å². The number of amides is 1. The zero-order valence-electron chi connectivity index (χ0n) is 18.5. The van der Waals surface area contributed by atoms with Crippen LogP contribution in [0, 0.1) is 6.92 Å². The lowest BCUT2D eigenvalue weighted by atomic mass is 10.0. The lowest BCUT2D eigenvalue weighted by Crippen LogP contribution is -2.21. The van der Waals surface area contributed by atoms with Crippen LogP contribution in [0.25, 0.3) is 21.9 Å². The number of hydrogen-bond acceptors (Lipinski definition) is 7. The Hall–Kier alpha value is -4.27. The molecule has 0 aliphatic carbocycles. The number of hydrogen-bond donors (Lipinski definition) is 2. The number of H-pyrrole nitrogens is 1. The lowest BCUT2D eigenvalue weighted by Gasteiger charge is -2.10. The molecule has 4 aromatic rings. The third-order valence-corrected chi connectivity index (χ3v) is 5.49. The number of nitrogens with one attached hydrogen (secondary N) is 2. The first-order valence-corrected chi connectivity index (χ1v) is 10.0. The molecule has 2 aromatic carbocycles. The van der Waals surface area contributed by atoms with Crippen molar-refractivity contribution < 1.29 is 28.2 Å². The van der Waals surface area contributed by atoms with Gasteiger partial charge in [-0.15, -0.1) is 0 Å². The van der Waals surface area contributed by atoms with Gasteiger partial charge in [0.15, 0.2) is 0 Å². The number of methoxy groups -OCH3 is 3. The molecule has 170 valence electrons. The van der Waals surface area contributed by atoms with Gasteiger partial charge in [-0.2, -0.15) is 0 Å². The molecule has 9 nitrogen and oxygen atoms in total. The molecule has 0 radical (unpaired) electrons. The van der Waals surface area contributed by atoms with Gasteiger partial charge in [-0.3, -0.25) is 4.79 Å². The predicted octanol–water partition coefficient (Wildman–Crippen LogP) is 3.57. The number of ether oxygens (including phenoxy) is 3. The summed E-state index contributed by atoms with van der Waals surface area (Å²) in [6.45, 7) is 1.76. The van der Waals surface area contributed by atoms with Gasteiger partial charge in [-0.25, -0.2) is 9.59 Å². The van der Waals surface area contributed by atoms with Gasteiger partial charge in [0.05, 0.1) is 44.5 Å². The summed E-state index contributed by atoms with van der Waals surface area (Å²) in [5.41, 5.74) is 1.56. The number of aryl methyl sites for hydroxylation is 1. The summed E-state index contributed by atoms with van der Waals surface area (Å²) < 4.78 is 20.6. The number of fused-ring (bicyclic) bond motifs is 2. The first kappa shape index (κ1) is 21.9. The van der Waals surface area contributed by atoms with Gasteiger partial charge < -0.3 is 28.9 Å². The number of carbonyl (C=O) groups is 2. The van der Waals surface area contributed by atoms with Crippen molar-refractivity contribution in [2.24, 2.45) is 0 Å². The van der Waals surface area contributed by atoms with Gasteiger partial charge in [0.25, 0.3) is 0 Å². The van der Waals surface area contributed by atoms with Gasteiger partial charge in [-0.1, -0.05) is 0 Å². The fourth-order valence-corrected chi connectivity index (χ4v) is 3.74. The zero-order valence-corrected chi connectivity index (χ0v) is 18.5. The molecule has 9 heteroatoms. The minimum Gasteiger partial charge on any atom is -0.497 e. The summed E-state index contributed by atoms with van der Waals surface area (Å²) in [6.07, 6.45) is -0.237. The maximum Gasteiger partial charge on any atom is 0.356 e. The highest BCUT2D eigenvalue weighted by atomic mass is 16.5. The molecule has 2 aromatic heterocycles. The zero-order chi connectivity index (χ0) is 23.7. The molecule has 0 atom stereocenters. The minimum absolute atomic E-state index is 0.0865. The van der Waals surface area contributed by atoms with Crippen LogP contribution in [-0.2, 0) is 16.0 Å². The van der Waals surface area contributed by atoms with Gasteiger partial charge in [0.1, 0.15) is 22.8 Å². The Morgan fingerprint density at radius 1 is 1.00 bits per heavy atom. The van der Waals surface area contributed by atoms with E-state index in [-0.39, 0.29) is 23.4 Å². The Morgan fingerprint density at radius 3 is 2.33 bits per heavy atom. The van der Waals surface area contributed by atoms with E-state index in [0.717, 1.165) is 0 Å². The summed E-state index contributed by atoms with van der Waals surface area (Å²) in [5.74, 6) is 0.0110. The average Bonchev–Trinajstić information content (AvgIpc) is 3.18. The Bertz CT molecular complexity index is 1450. The smallest absolute Gasteiger partial charge is 0.356 e. The van der Waals surface area contributed by atoms with Crippen LogP contribution in [0.15, 0.2) is 45.6 Å². The van der Waals surface area contributed by atoms with Crippen molar-refractivity contribution in [3.05, 3.63) is 63.6 Å². The van der Waals surface area contributed by atoms with Crippen molar-refractivity contribution in [2.75, 3.05) is 26.6 Å². The van der Waals surface area contributed by atoms with Crippen LogP contribution >= 0.6 is 0 Å². The fourth-order valence-electron chi connectivity index (χ4n) is 3.74. The molecule has 0 aliphatic rings. The highest BCUT2D eigenvalue weighted by molar-refractivity contribution is 6.11. The van der Waals surface area contributed by atoms with Crippen molar-refractivity contribution in [3.8, 4) is 11.5 Å². The summed E-state index contributed by atoms with van der Waals surface area (Å²) in [4.78, 5) is 40.8. The number of anilines is 1. The second-order valence-corrected chi connectivity index (χ2v) is 7.36. The maximum absolute atomic E-state index is 12.9. The third-order valence-electron chi connectivity index (χ3n) is 5.49. The highest BCUT2D eigenvalue weighted by Crippen LogP contribution is 2.31. The summed E-state index contributed by atoms with van der Waals surface area (Å²) >= 11 is 0. The molecule has 4 rings (SSSR count). The summed E-state index contributed by atoms with van der Waals surface area (Å²) in [6, 6.07) is 10.3. The number of carbonyl (C=O) groups excluding carboxylic acids is 2. The van der Waals surface area contributed by atoms with E-state index in [1.165, 1.54) is 21.3 Å². The third kappa shape index (κ3) is 4.00. The van der Waals surface area contributed by atoms with Crippen molar-refractivity contribution in [3.63, 3.8) is 0 Å². The van der Waals surface area contributed by atoms with Crippen LogP contribution in [-0.4, -0.2) is 38.2 Å². The number of benzene rings is 2. The highest BCUT2D eigenvalue weighted by Gasteiger charge is 2.22. The van der Waals surface area contributed by atoms with Crippen LogP contribution in [0.4, 0.5) is 5.69 Å². The molecule has 0 saturated carbocycles. The quantitative estimate of drug-likeness (QED) is 0.340. The molecule has 1 amide bonds. The van der Waals surface area contributed by atoms with E-state index in [1.807, 2.05) is 0 Å². The molecule has 0 aliphatic heterocycles. The van der Waals surface area contributed by atoms with Crippen LogP contribution in [0.2, 0.25) is 0 Å². The lowest BCUT2D eigenvalue weighted by molar-refractivity contribution is -0.115. The molecule has 0 spiro atoms. The maximum atomic E-state index is 12.9. The second kappa shape index (κ2) is 8.70. The molecule has 0 bridgehead atoms. The summed E-state index contributed by atoms with van der Waals surface area (Å²) in [7, 11) is 4.30. The van der Waals surface area contributed by atoms with Gasteiger partial charge in [-0.05, 0) is 36.8 Å². The summed E-state index contributed by atoms with van der Waals surface area (Å²) in [5, 5.41) is 4.04. The first-order chi connectivity index (χ1) is 15.9. The SMILES string of the molecule is COC(=O)c1[nH]c2cc(OC)ccc2c1NC(=O)Cc1c(C)c2ccc(OC)cc2oc1=O. The number of rotatable bonds is 6. The molecular formula is C24H22N2O7. The average molecular weight is 450 g/mol. The van der Waals surface area contributed by atoms with Crippen molar-refractivity contribution in [1.82, 2.24) is 4.98 Å². The van der Waals surface area contributed by atoms with E-state index in [4.69, 9.17) is 18.6 Å². The monoisotopic (exact) mass is 450 g/mol. The van der Waals surface area contributed by atoms with Crippen LogP contribution < -0.4 is 20.4 Å². The van der Waals surface area contributed by atoms with E-state index >= 15 is 0 Å². The topological polar surface area (TPSA) is 120 Å². The predicted molar refractivity (Wildman–Crippen MR) is 122 cm³/mol. The second-order valence-electron chi connectivity index (χ2n) is 7.36. The Balaban J connectivity index is 1.70. The van der Waals surface area contributed by atoms with Gasteiger partial charge in [0.2, 0.25) is 5.91 Å². The molecule has 0 unspecified atom stereocenters. The van der Waals surface area contributed by atoms with Crippen molar-refractivity contribution >= 4 is 39.4 Å². The molecule has 0 fully saturated rings. The fraction of sp³-hybridized carbons (Fsp3) is 0.208. The van der Waals surface area contributed by atoms with Gasteiger partial charge in [0, 0.05) is 22.9 Å². The first-order valence-electron chi connectivity index (χ1n) is 10.0. The molecule has 33 heavy (non-hydrogen) atoms. The molecule has 0 saturated heterocycles. The van der Waals surface area contributed by atoms with Crippen molar-refractivity contribution in [2.45, 2.75) is 13.3 Å². The number of aromatic nitrogens is 1. The van der Waals surface area contributed by atoms with E-state index in [0.29, 0.717) is 38.9 Å². The molecule has 2 N–H and O–H groups in total. The number of esters is 1. The van der Waals surface area contributed by atoms with E-state index < -0.39 is 17.5 Å². The number of aromatic amines is 1. The van der Waals surface area contributed by atoms with Gasteiger partial charge >= 0.3 is 11.6 Å². The Labute approximate surface area is 188 Å². The van der Waals surface area contributed by atoms with Crippen LogP contribution in [0.3, 0.4) is 0 Å². The normalized spacial score (nSPS) is 10.9. The molecule has 2 heterocycles.